The summed E-state index contributed by atoms with van der Waals surface area (Å²) >= 11 is 0. The molecule has 0 spiro atoms. The van der Waals surface area contributed by atoms with Crippen molar-refractivity contribution < 1.29 is 31.8 Å². The number of aromatic nitrogens is 4. The van der Waals surface area contributed by atoms with E-state index in [0.29, 0.717) is 22.6 Å². The standard InChI is InChI=1S/C25H23F4N5O3/c1-14-3-5-33-20(12-16-13-32(7-8-37-16)25(35)36-2)23(30-21(33)9-14)22-17(26)10-15(11-18(22)27)19-4-6-34(31-19)24(28)29/h3-6,9-11,16,24H,7-8,12-13H2,1-2H3/t16-/m0/s1. The summed E-state index contributed by atoms with van der Waals surface area (Å²) in [4.78, 5) is 18.1. The van der Waals surface area contributed by atoms with E-state index < -0.39 is 30.4 Å². The Morgan fingerprint density at radius 2 is 1.95 bits per heavy atom. The van der Waals surface area contributed by atoms with Crippen molar-refractivity contribution in [3.05, 3.63) is 65.6 Å². The first-order chi connectivity index (χ1) is 17.7. The first-order valence-corrected chi connectivity index (χ1v) is 11.5. The van der Waals surface area contributed by atoms with Crippen LogP contribution in [0.5, 0.6) is 0 Å². The van der Waals surface area contributed by atoms with Gasteiger partial charge in [-0.05, 0) is 42.8 Å². The van der Waals surface area contributed by atoms with Crippen LogP contribution in [-0.4, -0.2) is 63.1 Å². The minimum Gasteiger partial charge on any atom is -0.453 e. The highest BCUT2D eigenvalue weighted by molar-refractivity contribution is 5.72. The van der Waals surface area contributed by atoms with Gasteiger partial charge in [0, 0.05) is 30.9 Å². The maximum Gasteiger partial charge on any atom is 0.409 e. The van der Waals surface area contributed by atoms with Crippen molar-refractivity contribution in [1.29, 1.82) is 0 Å². The quantitative estimate of drug-likeness (QED) is 0.354. The molecule has 1 aliphatic rings. The monoisotopic (exact) mass is 517 g/mol. The van der Waals surface area contributed by atoms with Gasteiger partial charge in [0.15, 0.2) is 0 Å². The van der Waals surface area contributed by atoms with Crippen LogP contribution in [0.3, 0.4) is 0 Å². The molecule has 1 aromatic carbocycles. The van der Waals surface area contributed by atoms with E-state index in [-0.39, 0.29) is 42.1 Å². The molecule has 1 saturated heterocycles. The zero-order valence-electron chi connectivity index (χ0n) is 20.0. The van der Waals surface area contributed by atoms with E-state index in [4.69, 9.17) is 9.47 Å². The van der Waals surface area contributed by atoms with Crippen LogP contribution < -0.4 is 0 Å². The topological polar surface area (TPSA) is 73.9 Å². The van der Waals surface area contributed by atoms with Gasteiger partial charge in [-0.3, -0.25) is 0 Å². The zero-order valence-corrected chi connectivity index (χ0v) is 20.0. The molecule has 0 aliphatic carbocycles. The second kappa shape index (κ2) is 9.85. The Balaban J connectivity index is 1.56. The molecule has 0 unspecified atom stereocenters. The van der Waals surface area contributed by atoms with E-state index in [1.165, 1.54) is 18.1 Å². The van der Waals surface area contributed by atoms with Crippen LogP contribution in [0.15, 0.2) is 42.7 Å². The molecule has 37 heavy (non-hydrogen) atoms. The highest BCUT2D eigenvalue weighted by Crippen LogP contribution is 2.34. The predicted molar refractivity (Wildman–Crippen MR) is 125 cm³/mol. The number of pyridine rings is 1. The summed E-state index contributed by atoms with van der Waals surface area (Å²) in [5.74, 6) is -1.83. The van der Waals surface area contributed by atoms with Crippen LogP contribution in [0.2, 0.25) is 0 Å². The van der Waals surface area contributed by atoms with E-state index in [1.54, 1.807) is 16.7 Å². The van der Waals surface area contributed by atoms with Crippen molar-refractivity contribution in [2.45, 2.75) is 26.0 Å². The first-order valence-electron chi connectivity index (χ1n) is 11.5. The number of nitrogens with zero attached hydrogens (tertiary/aromatic N) is 5. The minimum absolute atomic E-state index is 0.00834. The van der Waals surface area contributed by atoms with Gasteiger partial charge >= 0.3 is 12.6 Å². The lowest BCUT2D eigenvalue weighted by Crippen LogP contribution is -2.46. The number of benzene rings is 1. The fourth-order valence-electron chi connectivity index (χ4n) is 4.49. The molecule has 0 N–H and O–H groups in total. The van der Waals surface area contributed by atoms with E-state index in [2.05, 4.69) is 10.1 Å². The number of hydrogen-bond donors (Lipinski definition) is 0. The van der Waals surface area contributed by atoms with Gasteiger partial charge < -0.3 is 18.8 Å². The molecule has 8 nitrogen and oxygen atoms in total. The lowest BCUT2D eigenvalue weighted by atomic mass is 10.0. The fraction of sp³-hybridized carbons (Fsp3) is 0.320. The van der Waals surface area contributed by atoms with Crippen LogP contribution in [-0.2, 0) is 15.9 Å². The number of hydrogen-bond acceptors (Lipinski definition) is 5. The lowest BCUT2D eigenvalue weighted by molar-refractivity contribution is -0.0241. The molecule has 0 bridgehead atoms. The van der Waals surface area contributed by atoms with Crippen LogP contribution in [0.4, 0.5) is 22.4 Å². The summed E-state index contributed by atoms with van der Waals surface area (Å²) in [5, 5.41) is 3.69. The Morgan fingerprint density at radius 3 is 2.62 bits per heavy atom. The largest absolute Gasteiger partial charge is 0.453 e. The molecule has 4 aromatic rings. The van der Waals surface area contributed by atoms with Crippen LogP contribution in [0.1, 0.15) is 17.8 Å². The smallest absolute Gasteiger partial charge is 0.409 e. The third-order valence-corrected chi connectivity index (χ3v) is 6.26. The van der Waals surface area contributed by atoms with Crippen molar-refractivity contribution in [3.8, 4) is 22.5 Å². The van der Waals surface area contributed by atoms with Gasteiger partial charge in [-0.1, -0.05) is 0 Å². The Morgan fingerprint density at radius 1 is 1.19 bits per heavy atom. The molecule has 1 aliphatic heterocycles. The zero-order chi connectivity index (χ0) is 26.3. The van der Waals surface area contributed by atoms with Crippen LogP contribution in [0.25, 0.3) is 28.2 Å². The van der Waals surface area contributed by atoms with Crippen molar-refractivity contribution in [3.63, 3.8) is 0 Å². The number of methoxy groups -OCH3 is 1. The summed E-state index contributed by atoms with van der Waals surface area (Å²) in [5.41, 5.74) is 1.66. The molecular formula is C25H23F4N5O3. The number of imidazole rings is 1. The highest BCUT2D eigenvalue weighted by atomic mass is 19.3. The van der Waals surface area contributed by atoms with Gasteiger partial charge in [0.2, 0.25) is 0 Å². The predicted octanol–water partition coefficient (Wildman–Crippen LogP) is 4.86. The van der Waals surface area contributed by atoms with Crippen LogP contribution in [0, 0.1) is 18.6 Å². The van der Waals surface area contributed by atoms with E-state index in [9.17, 15) is 13.6 Å². The van der Waals surface area contributed by atoms with Gasteiger partial charge in [0.05, 0.1) is 49.0 Å². The number of amides is 1. The normalized spacial score (nSPS) is 16.1. The molecule has 1 atom stereocenters. The summed E-state index contributed by atoms with van der Waals surface area (Å²) in [6.07, 6.45) is 2.07. The number of fused-ring (bicyclic) bond motifs is 1. The average molecular weight is 517 g/mol. The first kappa shape index (κ1) is 24.8. The second-order valence-electron chi connectivity index (χ2n) is 8.73. The number of alkyl halides is 2. The summed E-state index contributed by atoms with van der Waals surface area (Å²) in [6.45, 7) is -0.103. The Hall–Kier alpha value is -3.93. The maximum atomic E-state index is 15.5. The number of aryl methyl sites for hydroxylation is 1. The molecule has 1 fully saturated rings. The summed E-state index contributed by atoms with van der Waals surface area (Å²) in [7, 11) is 1.30. The fourth-order valence-corrected chi connectivity index (χ4v) is 4.49. The van der Waals surface area contributed by atoms with Crippen molar-refractivity contribution in [1.82, 2.24) is 24.1 Å². The van der Waals surface area contributed by atoms with Crippen molar-refractivity contribution in [2.75, 3.05) is 26.8 Å². The van der Waals surface area contributed by atoms with Gasteiger partial charge in [0.1, 0.15) is 17.3 Å². The van der Waals surface area contributed by atoms with Crippen LogP contribution >= 0.6 is 0 Å². The number of ether oxygens (including phenoxy) is 2. The lowest BCUT2D eigenvalue weighted by Gasteiger charge is -2.32. The minimum atomic E-state index is -2.87. The molecule has 194 valence electrons. The average Bonchev–Trinajstić information content (AvgIpc) is 3.49. The summed E-state index contributed by atoms with van der Waals surface area (Å²) in [6, 6.07) is 6.99. The van der Waals surface area contributed by atoms with E-state index >= 15 is 8.78 Å². The molecule has 0 saturated carbocycles. The second-order valence-corrected chi connectivity index (χ2v) is 8.73. The maximum absolute atomic E-state index is 15.5. The molecular weight excluding hydrogens is 494 g/mol. The molecule has 1 amide bonds. The molecule has 0 radical (unpaired) electrons. The van der Waals surface area contributed by atoms with Gasteiger partial charge in [-0.15, -0.1) is 0 Å². The third kappa shape index (κ3) is 4.76. The number of halogens is 4. The Kier molecular flexibility index (Phi) is 6.59. The van der Waals surface area contributed by atoms with Crippen molar-refractivity contribution >= 4 is 11.7 Å². The molecule has 3 aromatic heterocycles. The Bertz CT molecular complexity index is 1450. The van der Waals surface area contributed by atoms with Gasteiger partial charge in [-0.25, -0.2) is 23.2 Å². The number of rotatable bonds is 5. The highest BCUT2D eigenvalue weighted by Gasteiger charge is 2.29. The summed E-state index contributed by atoms with van der Waals surface area (Å²) < 4.78 is 69.5. The third-order valence-electron chi connectivity index (χ3n) is 6.26. The van der Waals surface area contributed by atoms with E-state index in [0.717, 1.165) is 23.9 Å². The van der Waals surface area contributed by atoms with Gasteiger partial charge in [-0.2, -0.15) is 13.9 Å². The SMILES string of the molecule is COC(=O)N1CCO[C@@H](Cc2c(-c3c(F)cc(-c4ccn(C(F)F)n4)cc3F)nc3cc(C)ccn23)C1. The number of carbonyl (C=O) groups is 1. The molecule has 12 heteroatoms. The number of carbonyl (C=O) groups excluding carboxylic acids is 1. The molecule has 5 rings (SSSR count). The Labute approximate surface area is 209 Å². The number of morpholine rings is 1. The van der Waals surface area contributed by atoms with Gasteiger partial charge in [0.25, 0.3) is 0 Å². The molecule has 4 heterocycles. The van der Waals surface area contributed by atoms with E-state index in [1.807, 2.05) is 13.0 Å². The van der Waals surface area contributed by atoms with Crippen molar-refractivity contribution in [2.24, 2.45) is 0 Å².